The highest BCUT2D eigenvalue weighted by Crippen LogP contribution is 2.36. The van der Waals surface area contributed by atoms with Gasteiger partial charge in [0.15, 0.2) is 5.95 Å². The molecule has 2 N–H and O–H groups in total. The minimum absolute atomic E-state index is 0.263. The molecule has 1 aromatic heterocycles. The summed E-state index contributed by atoms with van der Waals surface area (Å²) >= 11 is 1.15. The van der Waals surface area contributed by atoms with E-state index in [0.29, 0.717) is 11.4 Å². The van der Waals surface area contributed by atoms with E-state index in [-0.39, 0.29) is 12.2 Å². The fraction of sp³-hybridized carbons (Fsp3) is 0.308. The molecule has 0 amide bonds. The summed E-state index contributed by atoms with van der Waals surface area (Å²) in [6, 6.07) is 6.94. The Morgan fingerprint density at radius 3 is 2.86 bits per heavy atom. The molecule has 0 bridgehead atoms. The zero-order valence-electron chi connectivity index (χ0n) is 11.6. The number of nitrogens with zero attached hydrogens (tertiary/aromatic N) is 2. The van der Waals surface area contributed by atoms with Gasteiger partial charge < -0.3 is 19.5 Å². The van der Waals surface area contributed by atoms with Crippen molar-refractivity contribution in [1.29, 1.82) is 0 Å². The Kier molecular flexibility index (Phi) is 3.90. The maximum absolute atomic E-state index is 11.9. The molecule has 1 aliphatic heterocycles. The van der Waals surface area contributed by atoms with Gasteiger partial charge in [0.05, 0.1) is 12.4 Å². The Hall–Kier alpha value is -2.26. The van der Waals surface area contributed by atoms with Crippen LogP contribution in [0.25, 0.3) is 5.69 Å². The Morgan fingerprint density at radius 1 is 1.55 bits per heavy atom. The monoisotopic (exact) mass is 323 g/mol. The van der Waals surface area contributed by atoms with Crippen LogP contribution in [0.2, 0.25) is 0 Å². The van der Waals surface area contributed by atoms with Crippen molar-refractivity contribution in [3.63, 3.8) is 0 Å². The number of aromatic nitrogens is 2. The molecule has 1 fully saturated rings. The first-order valence-corrected chi connectivity index (χ1v) is 7.39. The fourth-order valence-electron chi connectivity index (χ4n) is 2.16. The van der Waals surface area contributed by atoms with Gasteiger partial charge in [-0.05, 0) is 16.8 Å². The normalized spacial score (nSPS) is 21.0. The van der Waals surface area contributed by atoms with Crippen molar-refractivity contribution in [3.8, 4) is 17.4 Å². The number of thioether (sulfide) groups is 1. The molecule has 3 rings (SSSR count). The number of carbonyl (C=O) groups is 1. The van der Waals surface area contributed by atoms with Gasteiger partial charge in [0.1, 0.15) is 16.4 Å². The number of rotatable bonds is 4. The SMILES string of the molecule is COc1ccc(-[n+]2noc([O-])c2C2NCC(C(=O)O)S2)cc1. The summed E-state index contributed by atoms with van der Waals surface area (Å²) in [6.45, 7) is 0.276. The fourth-order valence-corrected chi connectivity index (χ4v) is 3.32. The van der Waals surface area contributed by atoms with Crippen LogP contribution in [0.5, 0.6) is 11.7 Å². The van der Waals surface area contributed by atoms with E-state index in [2.05, 4.69) is 10.6 Å². The lowest BCUT2D eigenvalue weighted by Gasteiger charge is -2.06. The summed E-state index contributed by atoms with van der Waals surface area (Å²) in [5.41, 5.74) is 0.891. The summed E-state index contributed by atoms with van der Waals surface area (Å²) in [4.78, 5) is 11.0. The van der Waals surface area contributed by atoms with Crippen molar-refractivity contribution >= 4 is 17.7 Å². The second-order valence-corrected chi connectivity index (χ2v) is 5.92. The molecule has 0 aliphatic carbocycles. The zero-order chi connectivity index (χ0) is 15.7. The molecule has 116 valence electrons. The zero-order valence-corrected chi connectivity index (χ0v) is 12.4. The van der Waals surface area contributed by atoms with Gasteiger partial charge in [0.25, 0.3) is 5.69 Å². The first-order chi connectivity index (χ1) is 10.6. The number of hydrogen-bond donors (Lipinski definition) is 2. The predicted molar refractivity (Wildman–Crippen MR) is 73.8 cm³/mol. The van der Waals surface area contributed by atoms with E-state index in [1.807, 2.05) is 0 Å². The third kappa shape index (κ3) is 2.60. The highest BCUT2D eigenvalue weighted by molar-refractivity contribution is 8.01. The topological polar surface area (TPSA) is 112 Å². The van der Waals surface area contributed by atoms with Crippen molar-refractivity contribution < 1.29 is 28.9 Å². The van der Waals surface area contributed by atoms with Gasteiger partial charge in [-0.2, -0.15) is 0 Å². The van der Waals surface area contributed by atoms with E-state index in [1.54, 1.807) is 31.4 Å². The number of methoxy groups -OCH3 is 1. The Bertz CT molecular complexity index is 687. The van der Waals surface area contributed by atoms with E-state index >= 15 is 0 Å². The number of carboxylic acid groups (broad SMARTS) is 1. The highest BCUT2D eigenvalue weighted by Gasteiger charge is 2.38. The minimum atomic E-state index is -0.917. The van der Waals surface area contributed by atoms with Crippen LogP contribution < -0.4 is 19.8 Å². The van der Waals surface area contributed by atoms with E-state index in [1.165, 1.54) is 4.68 Å². The summed E-state index contributed by atoms with van der Waals surface area (Å²) < 4.78 is 11.2. The van der Waals surface area contributed by atoms with Crippen molar-refractivity contribution in [1.82, 2.24) is 10.6 Å². The maximum atomic E-state index is 11.9. The summed E-state index contributed by atoms with van der Waals surface area (Å²) in [7, 11) is 1.56. The molecule has 1 aliphatic rings. The average molecular weight is 323 g/mol. The van der Waals surface area contributed by atoms with Gasteiger partial charge in [-0.25, -0.2) is 0 Å². The highest BCUT2D eigenvalue weighted by atomic mass is 32.2. The number of benzene rings is 1. The molecule has 1 saturated heterocycles. The molecular formula is C13H13N3O5S. The quantitative estimate of drug-likeness (QED) is 0.746. The third-order valence-electron chi connectivity index (χ3n) is 3.27. The second-order valence-electron chi connectivity index (χ2n) is 4.61. The van der Waals surface area contributed by atoms with E-state index in [4.69, 9.17) is 14.4 Å². The van der Waals surface area contributed by atoms with Crippen LogP contribution in [0.1, 0.15) is 11.1 Å². The molecule has 0 saturated carbocycles. The summed E-state index contributed by atoms with van der Waals surface area (Å²) in [5, 5.41) is 26.6. The lowest BCUT2D eigenvalue weighted by atomic mass is 10.3. The average Bonchev–Trinajstić information content (AvgIpc) is 3.14. The summed E-state index contributed by atoms with van der Waals surface area (Å²) in [5.74, 6) is -0.831. The van der Waals surface area contributed by atoms with Crippen molar-refractivity contribution in [2.75, 3.05) is 13.7 Å². The van der Waals surface area contributed by atoms with Gasteiger partial charge in [-0.3, -0.25) is 10.1 Å². The first-order valence-electron chi connectivity index (χ1n) is 6.45. The minimum Gasteiger partial charge on any atom is -0.539 e. The van der Waals surface area contributed by atoms with Gasteiger partial charge >= 0.3 is 5.97 Å². The molecule has 22 heavy (non-hydrogen) atoms. The Labute approximate surface area is 129 Å². The van der Waals surface area contributed by atoms with E-state index < -0.39 is 22.5 Å². The first kappa shape index (κ1) is 14.7. The van der Waals surface area contributed by atoms with Gasteiger partial charge in [0.2, 0.25) is 5.69 Å². The van der Waals surface area contributed by atoms with Crippen LogP contribution in [0, 0.1) is 0 Å². The molecule has 0 spiro atoms. The molecule has 2 unspecified atom stereocenters. The van der Waals surface area contributed by atoms with Gasteiger partial charge in [0, 0.05) is 18.7 Å². The maximum Gasteiger partial charge on any atom is 0.318 e. The molecule has 1 aromatic carbocycles. The number of nitrogens with one attached hydrogen (secondary N) is 1. The van der Waals surface area contributed by atoms with Crippen LogP contribution in [0.4, 0.5) is 0 Å². The standard InChI is InChI=1S/C13H13N3O5S/c1-20-8-4-2-7(3-5-8)16-10(13(19)21-15-16)11-14-6-9(22-11)12(17)18/h2-5,9,11,14H,6H2,1H3,(H-,15,17,18,19). The van der Waals surface area contributed by atoms with Crippen LogP contribution in [0.15, 0.2) is 28.8 Å². The molecule has 9 heteroatoms. The third-order valence-corrected chi connectivity index (χ3v) is 4.63. The van der Waals surface area contributed by atoms with Crippen molar-refractivity contribution in [2.24, 2.45) is 0 Å². The molecule has 8 nitrogen and oxygen atoms in total. The van der Waals surface area contributed by atoms with Crippen LogP contribution >= 0.6 is 11.8 Å². The van der Waals surface area contributed by atoms with Gasteiger partial charge in [-0.15, -0.1) is 11.8 Å². The van der Waals surface area contributed by atoms with Crippen LogP contribution in [0.3, 0.4) is 0 Å². The van der Waals surface area contributed by atoms with Crippen LogP contribution in [-0.2, 0) is 4.79 Å². The van der Waals surface area contributed by atoms with Crippen molar-refractivity contribution in [2.45, 2.75) is 10.6 Å². The van der Waals surface area contributed by atoms with Crippen molar-refractivity contribution in [3.05, 3.63) is 30.0 Å². The lowest BCUT2D eigenvalue weighted by molar-refractivity contribution is -0.678. The Balaban J connectivity index is 1.92. The van der Waals surface area contributed by atoms with Crippen LogP contribution in [-0.4, -0.2) is 35.3 Å². The van der Waals surface area contributed by atoms with E-state index in [9.17, 15) is 9.90 Å². The van der Waals surface area contributed by atoms with E-state index in [0.717, 1.165) is 11.8 Å². The summed E-state index contributed by atoms with van der Waals surface area (Å²) in [6.07, 6.45) is 0. The number of hydrogen-bond acceptors (Lipinski definition) is 7. The van der Waals surface area contributed by atoms with Gasteiger partial charge in [-0.1, -0.05) is 0 Å². The lowest BCUT2D eigenvalue weighted by Crippen LogP contribution is -2.39. The number of aliphatic carboxylic acids is 1. The number of carboxylic acids is 1. The smallest absolute Gasteiger partial charge is 0.318 e. The molecular weight excluding hydrogens is 310 g/mol. The molecule has 2 aromatic rings. The second kappa shape index (κ2) is 5.85. The molecule has 0 radical (unpaired) electrons. The molecule has 2 atom stereocenters. The predicted octanol–water partition coefficient (Wildman–Crippen LogP) is -0.178. The Morgan fingerprint density at radius 2 is 2.27 bits per heavy atom. The number of ether oxygens (including phenoxy) is 1. The largest absolute Gasteiger partial charge is 0.539 e. The molecule has 2 heterocycles.